The Bertz CT molecular complexity index is 1630. The van der Waals surface area contributed by atoms with Crippen LogP contribution < -0.4 is 11.2 Å². The van der Waals surface area contributed by atoms with Gasteiger partial charge in [0.15, 0.2) is 17.8 Å². The first kappa shape index (κ1) is 24.5. The van der Waals surface area contributed by atoms with Crippen LogP contribution in [0.5, 0.6) is 0 Å². The molecule has 0 saturated heterocycles. The average Bonchev–Trinajstić information content (AvgIpc) is 3.37. The van der Waals surface area contributed by atoms with Gasteiger partial charge in [0, 0.05) is 36.7 Å². The molecule has 4 rings (SSSR count). The fraction of sp³-hybridized carbons (Fsp3) is 0.261. The molecule has 0 amide bonds. The molecular weight excluding hydrogens is 497 g/mol. The third-order valence-electron chi connectivity index (χ3n) is 5.77. The van der Waals surface area contributed by atoms with E-state index in [4.69, 9.17) is 27.9 Å². The minimum Gasteiger partial charge on any atom is -0.456 e. The van der Waals surface area contributed by atoms with Gasteiger partial charge in [0.1, 0.15) is 6.54 Å². The number of Topliss-reactive ketones (excluding diaryl/α,β-unsaturated/α-hetero) is 1. The second-order valence-corrected chi connectivity index (χ2v) is 8.87. The summed E-state index contributed by atoms with van der Waals surface area (Å²) in [5.41, 5.74) is 1.72. The molecule has 0 atom stereocenters. The molecule has 35 heavy (non-hydrogen) atoms. The van der Waals surface area contributed by atoms with Gasteiger partial charge in [0.05, 0.1) is 16.4 Å². The second-order valence-electron chi connectivity index (χ2n) is 8.05. The van der Waals surface area contributed by atoms with Gasteiger partial charge in [-0.3, -0.25) is 23.5 Å². The Labute approximate surface area is 208 Å². The zero-order valence-corrected chi connectivity index (χ0v) is 20.8. The topological polar surface area (TPSA) is 110 Å². The summed E-state index contributed by atoms with van der Waals surface area (Å²) >= 11 is 12.1. The largest absolute Gasteiger partial charge is 0.456 e. The van der Waals surface area contributed by atoms with Gasteiger partial charge in [0.25, 0.3) is 5.56 Å². The fourth-order valence-electron chi connectivity index (χ4n) is 3.99. The lowest BCUT2D eigenvalue weighted by Crippen LogP contribution is -2.37. The highest BCUT2D eigenvalue weighted by atomic mass is 35.5. The number of aromatic nitrogens is 5. The normalized spacial score (nSPS) is 11.3. The maximum absolute atomic E-state index is 12.8. The Hall–Kier alpha value is -3.63. The van der Waals surface area contributed by atoms with Crippen LogP contribution in [0.3, 0.4) is 0 Å². The summed E-state index contributed by atoms with van der Waals surface area (Å²) in [7, 11) is 2.82. The number of hydrogen-bond acceptors (Lipinski definition) is 6. The lowest BCUT2D eigenvalue weighted by molar-refractivity contribution is -0.143. The number of imidazole rings is 1. The molecule has 0 aliphatic carbocycles. The Morgan fingerprint density at radius 3 is 2.43 bits per heavy atom. The van der Waals surface area contributed by atoms with Crippen molar-refractivity contribution in [1.82, 2.24) is 23.3 Å². The summed E-state index contributed by atoms with van der Waals surface area (Å²) in [6, 6.07) is 6.87. The number of benzene rings is 1. The average molecular weight is 518 g/mol. The van der Waals surface area contributed by atoms with Gasteiger partial charge >= 0.3 is 11.7 Å². The number of hydrogen-bond donors (Lipinski definition) is 0. The van der Waals surface area contributed by atoms with E-state index in [1.807, 2.05) is 11.5 Å². The number of aryl methyl sites for hydroxylation is 2. The summed E-state index contributed by atoms with van der Waals surface area (Å²) < 4.78 is 10.5. The standard InChI is InChI=1S/C23H21Cl2N5O5/c1-12-7-15(13(2)30(12)14-5-6-16(24)17(25)8-14)18(31)10-35-19(32)9-29-11-26-21-20(29)22(33)28(4)23(34)27(21)3/h5-8,11H,9-10H2,1-4H3. The zero-order chi connectivity index (χ0) is 25.6. The van der Waals surface area contributed by atoms with E-state index in [9.17, 15) is 19.2 Å². The summed E-state index contributed by atoms with van der Waals surface area (Å²) in [5.74, 6) is -1.11. The number of ether oxygens (including phenoxy) is 1. The van der Waals surface area contributed by atoms with Crippen molar-refractivity contribution in [3.8, 4) is 5.69 Å². The van der Waals surface area contributed by atoms with E-state index in [1.54, 1.807) is 31.2 Å². The van der Waals surface area contributed by atoms with E-state index in [0.717, 1.165) is 15.9 Å². The lowest BCUT2D eigenvalue weighted by atomic mass is 10.1. The SMILES string of the molecule is Cc1cc(C(=O)COC(=O)Cn2cnc3c2c(=O)n(C)c(=O)n3C)c(C)n1-c1ccc(Cl)c(Cl)c1. The lowest BCUT2D eigenvalue weighted by Gasteiger charge is -2.11. The second kappa shape index (κ2) is 9.20. The van der Waals surface area contributed by atoms with Crippen LogP contribution in [-0.2, 0) is 30.2 Å². The van der Waals surface area contributed by atoms with Crippen LogP contribution in [0.25, 0.3) is 16.9 Å². The van der Waals surface area contributed by atoms with Gasteiger partial charge in [-0.05, 0) is 38.1 Å². The number of ketones is 1. The highest BCUT2D eigenvalue weighted by Crippen LogP contribution is 2.27. The molecule has 0 unspecified atom stereocenters. The van der Waals surface area contributed by atoms with Gasteiger partial charge in [-0.1, -0.05) is 23.2 Å². The van der Waals surface area contributed by atoms with Crippen molar-refractivity contribution in [2.45, 2.75) is 20.4 Å². The molecule has 3 aromatic heterocycles. The third kappa shape index (κ3) is 4.30. The maximum atomic E-state index is 12.8. The number of rotatable bonds is 6. The molecule has 0 spiro atoms. The van der Waals surface area contributed by atoms with Gasteiger partial charge in [-0.15, -0.1) is 0 Å². The molecule has 3 heterocycles. The maximum Gasteiger partial charge on any atom is 0.332 e. The highest BCUT2D eigenvalue weighted by molar-refractivity contribution is 6.42. The van der Waals surface area contributed by atoms with E-state index < -0.39 is 23.8 Å². The van der Waals surface area contributed by atoms with E-state index in [1.165, 1.54) is 29.6 Å². The van der Waals surface area contributed by atoms with Crippen LogP contribution in [0, 0.1) is 13.8 Å². The molecule has 0 bridgehead atoms. The van der Waals surface area contributed by atoms with E-state index in [-0.39, 0.29) is 23.5 Å². The molecular formula is C23H21Cl2N5O5. The van der Waals surface area contributed by atoms with Crippen molar-refractivity contribution in [2.24, 2.45) is 14.1 Å². The van der Waals surface area contributed by atoms with Crippen LogP contribution in [0.4, 0.5) is 0 Å². The highest BCUT2D eigenvalue weighted by Gasteiger charge is 2.20. The molecule has 0 aliphatic rings. The quantitative estimate of drug-likeness (QED) is 0.287. The zero-order valence-electron chi connectivity index (χ0n) is 19.3. The molecule has 0 fully saturated rings. The summed E-state index contributed by atoms with van der Waals surface area (Å²) in [6.45, 7) is 2.80. The van der Waals surface area contributed by atoms with Gasteiger partial charge in [-0.25, -0.2) is 9.78 Å². The van der Waals surface area contributed by atoms with Crippen molar-refractivity contribution in [2.75, 3.05) is 6.61 Å². The smallest absolute Gasteiger partial charge is 0.332 e. The molecule has 10 nitrogen and oxygen atoms in total. The van der Waals surface area contributed by atoms with Crippen molar-refractivity contribution < 1.29 is 14.3 Å². The van der Waals surface area contributed by atoms with Crippen LogP contribution in [0.2, 0.25) is 10.0 Å². The predicted octanol–water partition coefficient (Wildman–Crippen LogP) is 2.57. The minimum atomic E-state index is -0.730. The van der Waals surface area contributed by atoms with Crippen LogP contribution in [0.1, 0.15) is 21.7 Å². The predicted molar refractivity (Wildman–Crippen MR) is 131 cm³/mol. The molecule has 182 valence electrons. The molecule has 0 N–H and O–H groups in total. The fourth-order valence-corrected chi connectivity index (χ4v) is 4.28. The number of halogens is 2. The minimum absolute atomic E-state index is 0.0862. The third-order valence-corrected chi connectivity index (χ3v) is 6.51. The van der Waals surface area contributed by atoms with E-state index in [2.05, 4.69) is 4.98 Å². The molecule has 0 aliphatic heterocycles. The molecule has 0 radical (unpaired) electrons. The van der Waals surface area contributed by atoms with Crippen molar-refractivity contribution in [1.29, 1.82) is 0 Å². The Kier molecular flexibility index (Phi) is 6.44. The molecule has 4 aromatic rings. The number of carbonyl (C=O) groups is 2. The Balaban J connectivity index is 1.51. The number of fused-ring (bicyclic) bond motifs is 1. The summed E-state index contributed by atoms with van der Waals surface area (Å²) in [5, 5.41) is 0.812. The Morgan fingerprint density at radius 1 is 1.03 bits per heavy atom. The van der Waals surface area contributed by atoms with Gasteiger partial charge in [0.2, 0.25) is 5.78 Å². The molecule has 12 heteroatoms. The first-order chi connectivity index (χ1) is 16.5. The Morgan fingerprint density at radius 2 is 1.74 bits per heavy atom. The van der Waals surface area contributed by atoms with Crippen LogP contribution in [-0.4, -0.2) is 41.6 Å². The van der Waals surface area contributed by atoms with Crippen molar-refractivity contribution in [3.05, 3.63) is 78.4 Å². The number of esters is 1. The number of carbonyl (C=O) groups excluding carboxylic acids is 2. The van der Waals surface area contributed by atoms with Gasteiger partial charge < -0.3 is 13.9 Å². The van der Waals surface area contributed by atoms with Crippen molar-refractivity contribution >= 4 is 46.1 Å². The monoisotopic (exact) mass is 517 g/mol. The van der Waals surface area contributed by atoms with E-state index >= 15 is 0 Å². The first-order valence-electron chi connectivity index (χ1n) is 10.4. The summed E-state index contributed by atoms with van der Waals surface area (Å²) in [4.78, 5) is 53.9. The van der Waals surface area contributed by atoms with Crippen LogP contribution >= 0.6 is 23.2 Å². The van der Waals surface area contributed by atoms with Crippen LogP contribution in [0.15, 0.2) is 40.2 Å². The van der Waals surface area contributed by atoms with Crippen molar-refractivity contribution in [3.63, 3.8) is 0 Å². The number of nitrogens with zero attached hydrogens (tertiary/aromatic N) is 5. The summed E-state index contributed by atoms with van der Waals surface area (Å²) in [6.07, 6.45) is 1.28. The molecule has 0 saturated carbocycles. The molecule has 1 aromatic carbocycles. The van der Waals surface area contributed by atoms with E-state index in [0.29, 0.717) is 21.3 Å². The van der Waals surface area contributed by atoms with Gasteiger partial charge in [-0.2, -0.15) is 0 Å². The first-order valence-corrected chi connectivity index (χ1v) is 11.2.